The lowest BCUT2D eigenvalue weighted by molar-refractivity contribution is -0.121. The quantitative estimate of drug-likeness (QED) is 0.667. The van der Waals surface area contributed by atoms with Crippen molar-refractivity contribution in [2.75, 3.05) is 12.3 Å². The third-order valence-corrected chi connectivity index (χ3v) is 4.52. The van der Waals surface area contributed by atoms with Gasteiger partial charge >= 0.3 is 0 Å². The van der Waals surface area contributed by atoms with Crippen molar-refractivity contribution in [1.82, 2.24) is 10.6 Å². The largest absolute Gasteiger partial charge is 0.353 e. The molecule has 2 atom stereocenters. The van der Waals surface area contributed by atoms with Crippen LogP contribution < -0.4 is 10.6 Å². The van der Waals surface area contributed by atoms with Crippen LogP contribution in [0.25, 0.3) is 0 Å². The summed E-state index contributed by atoms with van der Waals surface area (Å²) in [6.45, 7) is 7.40. The van der Waals surface area contributed by atoms with Crippen LogP contribution in [-0.4, -0.2) is 35.5 Å². The molecule has 0 aromatic heterocycles. The fourth-order valence-electron chi connectivity index (χ4n) is 2.40. The van der Waals surface area contributed by atoms with E-state index in [2.05, 4.69) is 31.4 Å². The van der Waals surface area contributed by atoms with Gasteiger partial charge in [-0.1, -0.05) is 20.8 Å². The van der Waals surface area contributed by atoms with E-state index in [0.29, 0.717) is 18.5 Å². The summed E-state index contributed by atoms with van der Waals surface area (Å²) in [5.41, 5.74) is 0. The van der Waals surface area contributed by atoms with Crippen LogP contribution in [-0.2, 0) is 4.79 Å². The number of carbonyl (C=O) groups excluding carboxylic acids is 1. The molecule has 1 rings (SSSR count). The molecule has 106 valence electrons. The summed E-state index contributed by atoms with van der Waals surface area (Å²) in [7, 11) is 0. The first-order chi connectivity index (χ1) is 8.61. The lowest BCUT2D eigenvalue weighted by Crippen LogP contribution is -2.33. The summed E-state index contributed by atoms with van der Waals surface area (Å²) in [5.74, 6) is 1.42. The van der Waals surface area contributed by atoms with Gasteiger partial charge in [0.05, 0.1) is 0 Å². The van der Waals surface area contributed by atoms with Crippen molar-refractivity contribution in [2.24, 2.45) is 0 Å². The molecular formula is C14H28N2OS. The van der Waals surface area contributed by atoms with Crippen molar-refractivity contribution in [3.63, 3.8) is 0 Å². The highest BCUT2D eigenvalue weighted by Gasteiger charge is 2.25. The normalized spacial score (nSPS) is 23.6. The van der Waals surface area contributed by atoms with Crippen LogP contribution in [0.3, 0.4) is 0 Å². The van der Waals surface area contributed by atoms with Crippen molar-refractivity contribution < 1.29 is 4.79 Å². The minimum atomic E-state index is 0.229. The van der Waals surface area contributed by atoms with Crippen molar-refractivity contribution >= 4 is 17.7 Å². The number of rotatable bonds is 8. The average molecular weight is 272 g/mol. The smallest absolute Gasteiger partial charge is 0.220 e. The van der Waals surface area contributed by atoms with E-state index < -0.39 is 0 Å². The van der Waals surface area contributed by atoms with Gasteiger partial charge in [0, 0.05) is 23.8 Å². The Morgan fingerprint density at radius 1 is 1.39 bits per heavy atom. The molecule has 0 aromatic carbocycles. The zero-order valence-corrected chi connectivity index (χ0v) is 12.8. The Bertz CT molecular complexity index is 246. The molecule has 2 unspecified atom stereocenters. The zero-order chi connectivity index (χ0) is 13.4. The van der Waals surface area contributed by atoms with Crippen molar-refractivity contribution in [3.05, 3.63) is 0 Å². The Labute approximate surface area is 116 Å². The van der Waals surface area contributed by atoms with E-state index in [1.54, 1.807) is 0 Å². The lowest BCUT2D eigenvalue weighted by atomic mass is 10.2. The zero-order valence-electron chi connectivity index (χ0n) is 12.0. The maximum Gasteiger partial charge on any atom is 0.220 e. The van der Waals surface area contributed by atoms with E-state index >= 15 is 0 Å². The molecule has 3 nitrogen and oxygen atoms in total. The second-order valence-electron chi connectivity index (χ2n) is 5.37. The topological polar surface area (TPSA) is 41.1 Å². The molecule has 0 saturated heterocycles. The van der Waals surface area contributed by atoms with E-state index in [1.165, 1.54) is 12.2 Å². The molecule has 2 N–H and O–H groups in total. The first kappa shape index (κ1) is 15.8. The number of carbonyl (C=O) groups is 1. The molecule has 0 spiro atoms. The van der Waals surface area contributed by atoms with Gasteiger partial charge in [-0.15, -0.1) is 0 Å². The van der Waals surface area contributed by atoms with Crippen molar-refractivity contribution in [3.8, 4) is 0 Å². The van der Waals surface area contributed by atoms with Crippen LogP contribution in [0.4, 0.5) is 0 Å². The van der Waals surface area contributed by atoms with E-state index in [-0.39, 0.29) is 5.91 Å². The van der Waals surface area contributed by atoms with E-state index in [9.17, 15) is 4.79 Å². The number of thioether (sulfide) groups is 1. The Kier molecular flexibility index (Phi) is 7.75. The molecule has 0 radical (unpaired) electrons. The van der Waals surface area contributed by atoms with Crippen LogP contribution >= 0.6 is 11.8 Å². The molecule has 0 aliphatic heterocycles. The molecule has 1 fully saturated rings. The Hall–Kier alpha value is -0.220. The van der Waals surface area contributed by atoms with Crippen molar-refractivity contribution in [2.45, 2.75) is 70.2 Å². The predicted octanol–water partition coefficient (Wildman–Crippen LogP) is 2.56. The average Bonchev–Trinajstić information content (AvgIpc) is 2.72. The number of nitrogens with one attached hydrogen (secondary N) is 2. The van der Waals surface area contributed by atoms with Gasteiger partial charge in [-0.2, -0.15) is 11.8 Å². The number of hydrogen-bond donors (Lipinski definition) is 2. The Morgan fingerprint density at radius 3 is 2.83 bits per heavy atom. The molecule has 18 heavy (non-hydrogen) atoms. The standard InChI is InChI=1S/C14H28N2OS/c1-4-18-13-8-7-12(10-13)16-14(17)6-5-9-15-11(2)3/h11-13,15H,4-10H2,1-3H3,(H,16,17). The molecular weight excluding hydrogens is 244 g/mol. The third kappa shape index (κ3) is 6.64. The summed E-state index contributed by atoms with van der Waals surface area (Å²) < 4.78 is 0. The number of hydrogen-bond acceptors (Lipinski definition) is 3. The predicted molar refractivity (Wildman–Crippen MR) is 80.1 cm³/mol. The summed E-state index contributed by atoms with van der Waals surface area (Å²) >= 11 is 2.03. The molecule has 1 aliphatic carbocycles. The first-order valence-corrected chi connectivity index (χ1v) is 8.31. The van der Waals surface area contributed by atoms with Gasteiger partial charge in [0.15, 0.2) is 0 Å². The maximum atomic E-state index is 11.8. The molecule has 1 aliphatic rings. The highest BCUT2D eigenvalue weighted by Crippen LogP contribution is 2.29. The van der Waals surface area contributed by atoms with Crippen molar-refractivity contribution in [1.29, 1.82) is 0 Å². The van der Waals surface area contributed by atoms with Crippen LogP contribution in [0.2, 0.25) is 0 Å². The first-order valence-electron chi connectivity index (χ1n) is 7.26. The maximum absolute atomic E-state index is 11.8. The SMILES string of the molecule is CCSC1CCC(NC(=O)CCCNC(C)C)C1. The van der Waals surface area contributed by atoms with Crippen LogP contribution in [0.5, 0.6) is 0 Å². The van der Waals surface area contributed by atoms with E-state index in [4.69, 9.17) is 0 Å². The van der Waals surface area contributed by atoms with Crippen LogP contribution in [0, 0.1) is 0 Å². The van der Waals surface area contributed by atoms with Crippen LogP contribution in [0.1, 0.15) is 52.9 Å². The summed E-state index contributed by atoms with van der Waals surface area (Å²) in [6.07, 6.45) is 5.17. The molecule has 1 saturated carbocycles. The minimum absolute atomic E-state index is 0.229. The fraction of sp³-hybridized carbons (Fsp3) is 0.929. The summed E-state index contributed by atoms with van der Waals surface area (Å²) in [6, 6.07) is 0.939. The Morgan fingerprint density at radius 2 is 2.17 bits per heavy atom. The fourth-order valence-corrected chi connectivity index (χ4v) is 3.54. The minimum Gasteiger partial charge on any atom is -0.353 e. The highest BCUT2D eigenvalue weighted by molar-refractivity contribution is 7.99. The molecule has 0 heterocycles. The Balaban J connectivity index is 2.06. The summed E-state index contributed by atoms with van der Waals surface area (Å²) in [4.78, 5) is 11.8. The van der Waals surface area contributed by atoms with Crippen LogP contribution in [0.15, 0.2) is 0 Å². The molecule has 0 aromatic rings. The van der Waals surface area contributed by atoms with Gasteiger partial charge in [-0.25, -0.2) is 0 Å². The summed E-state index contributed by atoms with van der Waals surface area (Å²) in [5, 5.41) is 7.28. The van der Waals surface area contributed by atoms with Gasteiger partial charge in [0.2, 0.25) is 5.91 Å². The highest BCUT2D eigenvalue weighted by atomic mass is 32.2. The number of amides is 1. The van der Waals surface area contributed by atoms with E-state index in [1.807, 2.05) is 11.8 Å². The molecule has 0 bridgehead atoms. The van der Waals surface area contributed by atoms with Gasteiger partial charge in [0.1, 0.15) is 0 Å². The second kappa shape index (κ2) is 8.81. The van der Waals surface area contributed by atoms with Gasteiger partial charge in [0.25, 0.3) is 0 Å². The van der Waals surface area contributed by atoms with Gasteiger partial charge in [-0.3, -0.25) is 4.79 Å². The third-order valence-electron chi connectivity index (χ3n) is 3.29. The van der Waals surface area contributed by atoms with E-state index in [0.717, 1.165) is 31.1 Å². The molecule has 4 heteroatoms. The van der Waals surface area contributed by atoms with Gasteiger partial charge in [-0.05, 0) is 38.0 Å². The molecule has 1 amide bonds. The lowest BCUT2D eigenvalue weighted by Gasteiger charge is -2.13. The second-order valence-corrected chi connectivity index (χ2v) is 6.94. The van der Waals surface area contributed by atoms with Gasteiger partial charge < -0.3 is 10.6 Å². The monoisotopic (exact) mass is 272 g/mol.